The topological polar surface area (TPSA) is 42.7 Å². The standard InChI is InChI=1S/C12H13FN4.2ClH/c13-10-3-1-2-9(6-10)7-11-15-16-12-8-14-4-5-17(11)12;;/h1-3,6,14H,4-5,7-8H2;2*1H. The number of aromatic nitrogens is 3. The highest BCUT2D eigenvalue weighted by Gasteiger charge is 2.15. The van der Waals surface area contributed by atoms with E-state index in [-0.39, 0.29) is 30.6 Å². The number of halogens is 3. The van der Waals surface area contributed by atoms with Crippen molar-refractivity contribution in [1.29, 1.82) is 0 Å². The van der Waals surface area contributed by atoms with Gasteiger partial charge in [-0.05, 0) is 17.7 Å². The van der Waals surface area contributed by atoms with Crippen LogP contribution < -0.4 is 5.32 Å². The summed E-state index contributed by atoms with van der Waals surface area (Å²) in [4.78, 5) is 0. The molecule has 104 valence electrons. The zero-order valence-electron chi connectivity index (χ0n) is 10.2. The molecule has 0 aliphatic carbocycles. The van der Waals surface area contributed by atoms with Gasteiger partial charge in [0.25, 0.3) is 0 Å². The first-order valence-electron chi connectivity index (χ1n) is 5.69. The molecule has 0 radical (unpaired) electrons. The molecule has 0 spiro atoms. The molecule has 1 aliphatic rings. The zero-order chi connectivity index (χ0) is 11.7. The van der Waals surface area contributed by atoms with Crippen LogP contribution in [0.5, 0.6) is 0 Å². The Hall–Kier alpha value is -1.17. The smallest absolute Gasteiger partial charge is 0.147 e. The predicted octanol–water partition coefficient (Wildman–Crippen LogP) is 1.95. The van der Waals surface area contributed by atoms with Crippen LogP contribution in [0.4, 0.5) is 4.39 Å². The number of hydrogen-bond donors (Lipinski definition) is 1. The Balaban J connectivity index is 0.000000902. The lowest BCUT2D eigenvalue weighted by Crippen LogP contribution is -2.29. The van der Waals surface area contributed by atoms with Crippen LogP contribution in [0.3, 0.4) is 0 Å². The Bertz CT molecular complexity index is 544. The largest absolute Gasteiger partial charge is 0.312 e. The molecule has 1 aromatic heterocycles. The van der Waals surface area contributed by atoms with Gasteiger partial charge in [0.05, 0.1) is 6.54 Å². The Kier molecular flexibility index (Phi) is 5.72. The van der Waals surface area contributed by atoms with Gasteiger partial charge >= 0.3 is 0 Å². The summed E-state index contributed by atoms with van der Waals surface area (Å²) in [6.07, 6.45) is 0.630. The van der Waals surface area contributed by atoms with Crippen LogP contribution in [0.15, 0.2) is 24.3 Å². The second-order valence-electron chi connectivity index (χ2n) is 4.17. The molecule has 1 aromatic carbocycles. The molecule has 2 aromatic rings. The molecule has 0 bridgehead atoms. The third-order valence-corrected chi connectivity index (χ3v) is 2.95. The fourth-order valence-electron chi connectivity index (χ4n) is 2.11. The summed E-state index contributed by atoms with van der Waals surface area (Å²) in [6, 6.07) is 6.63. The molecule has 0 unspecified atom stereocenters. The lowest BCUT2D eigenvalue weighted by molar-refractivity contribution is 0.495. The highest BCUT2D eigenvalue weighted by molar-refractivity contribution is 5.85. The third kappa shape index (κ3) is 3.43. The minimum Gasteiger partial charge on any atom is -0.312 e. The second-order valence-corrected chi connectivity index (χ2v) is 4.17. The van der Waals surface area contributed by atoms with Gasteiger partial charge < -0.3 is 9.88 Å². The van der Waals surface area contributed by atoms with E-state index in [2.05, 4.69) is 20.1 Å². The van der Waals surface area contributed by atoms with Crippen molar-refractivity contribution in [3.8, 4) is 0 Å². The van der Waals surface area contributed by atoms with Crippen LogP contribution in [0, 0.1) is 5.82 Å². The van der Waals surface area contributed by atoms with Crippen LogP contribution >= 0.6 is 24.8 Å². The first-order valence-corrected chi connectivity index (χ1v) is 5.69. The Morgan fingerprint density at radius 3 is 2.89 bits per heavy atom. The minimum absolute atomic E-state index is 0. The highest BCUT2D eigenvalue weighted by Crippen LogP contribution is 2.12. The predicted molar refractivity (Wildman–Crippen MR) is 75.4 cm³/mol. The number of rotatable bonds is 2. The van der Waals surface area contributed by atoms with Crippen LogP contribution in [-0.4, -0.2) is 21.3 Å². The molecule has 1 N–H and O–H groups in total. The van der Waals surface area contributed by atoms with Gasteiger partial charge in [-0.1, -0.05) is 12.1 Å². The molecule has 0 fully saturated rings. The van der Waals surface area contributed by atoms with Crippen molar-refractivity contribution < 1.29 is 4.39 Å². The van der Waals surface area contributed by atoms with E-state index in [1.807, 2.05) is 6.07 Å². The van der Waals surface area contributed by atoms with Gasteiger partial charge in [-0.3, -0.25) is 0 Å². The van der Waals surface area contributed by atoms with E-state index < -0.39 is 0 Å². The molecular formula is C12H15Cl2FN4. The van der Waals surface area contributed by atoms with Crippen LogP contribution in [0.25, 0.3) is 0 Å². The molecule has 0 saturated carbocycles. The van der Waals surface area contributed by atoms with Gasteiger partial charge in [0, 0.05) is 19.5 Å². The Morgan fingerprint density at radius 1 is 1.26 bits per heavy atom. The van der Waals surface area contributed by atoms with Gasteiger partial charge in [-0.2, -0.15) is 0 Å². The first-order chi connectivity index (χ1) is 8.33. The number of hydrogen-bond acceptors (Lipinski definition) is 3. The SMILES string of the molecule is Cl.Cl.Fc1cccc(Cc2nnc3n2CCNC3)c1. The molecule has 2 heterocycles. The van der Waals surface area contributed by atoms with Crippen LogP contribution in [-0.2, 0) is 19.5 Å². The molecule has 19 heavy (non-hydrogen) atoms. The third-order valence-electron chi connectivity index (χ3n) is 2.95. The van der Waals surface area contributed by atoms with Gasteiger partial charge in [0.1, 0.15) is 17.5 Å². The summed E-state index contributed by atoms with van der Waals surface area (Å²) in [7, 11) is 0. The molecule has 0 saturated heterocycles. The maximum atomic E-state index is 13.1. The van der Waals surface area contributed by atoms with Crippen molar-refractivity contribution in [3.05, 3.63) is 47.3 Å². The lowest BCUT2D eigenvalue weighted by Gasteiger charge is -2.15. The molecular weight excluding hydrogens is 290 g/mol. The maximum absolute atomic E-state index is 13.1. The average Bonchev–Trinajstić information content (AvgIpc) is 2.73. The van der Waals surface area contributed by atoms with E-state index in [0.29, 0.717) is 6.42 Å². The van der Waals surface area contributed by atoms with Crippen molar-refractivity contribution in [3.63, 3.8) is 0 Å². The van der Waals surface area contributed by atoms with Crippen LogP contribution in [0.1, 0.15) is 17.2 Å². The Labute approximate surface area is 123 Å². The van der Waals surface area contributed by atoms with Gasteiger partial charge in [0.15, 0.2) is 0 Å². The minimum atomic E-state index is -0.206. The van der Waals surface area contributed by atoms with E-state index >= 15 is 0 Å². The second kappa shape index (κ2) is 6.84. The van der Waals surface area contributed by atoms with Crippen molar-refractivity contribution in [2.45, 2.75) is 19.5 Å². The number of benzene rings is 1. The quantitative estimate of drug-likeness (QED) is 0.922. The zero-order valence-corrected chi connectivity index (χ0v) is 11.8. The van der Waals surface area contributed by atoms with Crippen molar-refractivity contribution in [1.82, 2.24) is 20.1 Å². The monoisotopic (exact) mass is 304 g/mol. The molecule has 0 atom stereocenters. The summed E-state index contributed by atoms with van der Waals surface area (Å²) in [5.41, 5.74) is 0.929. The Morgan fingerprint density at radius 2 is 2.11 bits per heavy atom. The number of fused-ring (bicyclic) bond motifs is 1. The van der Waals surface area contributed by atoms with Crippen molar-refractivity contribution >= 4 is 24.8 Å². The molecule has 7 heteroatoms. The summed E-state index contributed by atoms with van der Waals surface area (Å²) in [5.74, 6) is 1.66. The van der Waals surface area contributed by atoms with E-state index in [1.165, 1.54) is 6.07 Å². The molecule has 1 aliphatic heterocycles. The molecule has 0 amide bonds. The summed E-state index contributed by atoms with van der Waals surface area (Å²) < 4.78 is 15.2. The van der Waals surface area contributed by atoms with Gasteiger partial charge in [-0.25, -0.2) is 4.39 Å². The van der Waals surface area contributed by atoms with E-state index in [0.717, 1.165) is 36.8 Å². The van der Waals surface area contributed by atoms with E-state index in [1.54, 1.807) is 12.1 Å². The van der Waals surface area contributed by atoms with Crippen LogP contribution in [0.2, 0.25) is 0 Å². The highest BCUT2D eigenvalue weighted by atomic mass is 35.5. The summed E-state index contributed by atoms with van der Waals surface area (Å²) in [5, 5.41) is 11.5. The lowest BCUT2D eigenvalue weighted by atomic mass is 10.1. The van der Waals surface area contributed by atoms with Gasteiger partial charge in [-0.15, -0.1) is 35.0 Å². The van der Waals surface area contributed by atoms with E-state index in [4.69, 9.17) is 0 Å². The van der Waals surface area contributed by atoms with Gasteiger partial charge in [0.2, 0.25) is 0 Å². The number of nitrogens with one attached hydrogen (secondary N) is 1. The summed E-state index contributed by atoms with van der Waals surface area (Å²) in [6.45, 7) is 2.57. The van der Waals surface area contributed by atoms with Crippen molar-refractivity contribution in [2.75, 3.05) is 6.54 Å². The average molecular weight is 305 g/mol. The number of nitrogens with zero attached hydrogens (tertiary/aromatic N) is 3. The fraction of sp³-hybridized carbons (Fsp3) is 0.333. The summed E-state index contributed by atoms with van der Waals surface area (Å²) >= 11 is 0. The first kappa shape index (κ1) is 15.9. The fourth-order valence-corrected chi connectivity index (χ4v) is 2.11. The maximum Gasteiger partial charge on any atom is 0.147 e. The van der Waals surface area contributed by atoms with E-state index in [9.17, 15) is 4.39 Å². The van der Waals surface area contributed by atoms with Crippen molar-refractivity contribution in [2.24, 2.45) is 0 Å². The molecule has 3 rings (SSSR count). The molecule has 4 nitrogen and oxygen atoms in total. The normalized spacial score (nSPS) is 13.1.